The van der Waals surface area contributed by atoms with Gasteiger partial charge in [-0.1, -0.05) is 13.8 Å². The highest BCUT2D eigenvalue weighted by Crippen LogP contribution is 2.46. The molecule has 3 aliphatic rings. The number of nitrogens with zero attached hydrogens (tertiary/aromatic N) is 6. The van der Waals surface area contributed by atoms with Crippen molar-refractivity contribution in [2.24, 2.45) is 0 Å². The first-order chi connectivity index (χ1) is 17.2. The van der Waals surface area contributed by atoms with Crippen molar-refractivity contribution in [1.82, 2.24) is 24.4 Å². The van der Waals surface area contributed by atoms with Crippen LogP contribution >= 0.6 is 0 Å². The van der Waals surface area contributed by atoms with Crippen LogP contribution in [0.2, 0.25) is 0 Å². The number of fused-ring (bicyclic) bond motifs is 1. The Kier molecular flexibility index (Phi) is 6.93. The van der Waals surface area contributed by atoms with Crippen molar-refractivity contribution in [2.75, 3.05) is 42.9 Å². The highest BCUT2D eigenvalue weighted by Gasteiger charge is 2.48. The van der Waals surface area contributed by atoms with E-state index in [0.717, 1.165) is 50.5 Å². The number of carbonyl (C=O) groups excluding carboxylic acids is 1. The maximum atomic E-state index is 13.9. The third-order valence-electron chi connectivity index (χ3n) is 7.69. The lowest BCUT2D eigenvalue weighted by molar-refractivity contribution is -0.156. The number of imidazole rings is 1. The first-order valence-corrected chi connectivity index (χ1v) is 13.0. The monoisotopic (exact) mass is 505 g/mol. The average molecular weight is 506 g/mol. The second-order valence-electron chi connectivity index (χ2n) is 10.5. The second-order valence-corrected chi connectivity index (χ2v) is 10.5. The van der Waals surface area contributed by atoms with Gasteiger partial charge in [0.2, 0.25) is 5.91 Å². The Morgan fingerprint density at radius 3 is 2.47 bits per heavy atom. The number of aromatic nitrogens is 4. The number of hydrogen-bond donors (Lipinski definition) is 1. The van der Waals surface area contributed by atoms with Gasteiger partial charge in [-0.3, -0.25) is 4.79 Å². The topological polar surface area (TPSA) is 79.2 Å². The number of piperidine rings is 1. The summed E-state index contributed by atoms with van der Waals surface area (Å²) in [5, 5.41) is 2.50. The van der Waals surface area contributed by atoms with Gasteiger partial charge in [-0.15, -0.1) is 0 Å². The minimum absolute atomic E-state index is 0.0164. The molecule has 2 aromatic heterocycles. The number of anilines is 2. The first-order valence-electron chi connectivity index (χ1n) is 13.0. The van der Waals surface area contributed by atoms with Gasteiger partial charge in [0, 0.05) is 44.7 Å². The van der Waals surface area contributed by atoms with Crippen molar-refractivity contribution < 1.29 is 18.0 Å². The molecule has 0 unspecified atom stereocenters. The Balaban J connectivity index is 1.34. The van der Waals surface area contributed by atoms with E-state index in [4.69, 9.17) is 4.98 Å². The Labute approximate surface area is 209 Å². The van der Waals surface area contributed by atoms with Crippen LogP contribution in [-0.2, 0) is 11.3 Å². The molecule has 1 amide bonds. The molecule has 196 valence electrons. The minimum Gasteiger partial charge on any atom is -0.356 e. The summed E-state index contributed by atoms with van der Waals surface area (Å²) in [5.74, 6) is -0.659. The Hall–Kier alpha value is -2.69. The van der Waals surface area contributed by atoms with Crippen LogP contribution < -0.4 is 10.2 Å². The number of alkyl halides is 3. The summed E-state index contributed by atoms with van der Waals surface area (Å²) in [6.07, 6.45) is 2.31. The van der Waals surface area contributed by atoms with Gasteiger partial charge in [0.15, 0.2) is 0 Å². The smallest absolute Gasteiger partial charge is 0.356 e. The molecule has 5 rings (SSSR count). The van der Waals surface area contributed by atoms with Crippen molar-refractivity contribution in [1.29, 1.82) is 0 Å². The van der Waals surface area contributed by atoms with E-state index >= 15 is 0 Å². The molecular formula is C25H34F3N7O. The van der Waals surface area contributed by atoms with Crippen molar-refractivity contribution in [3.05, 3.63) is 29.6 Å². The molecule has 11 heteroatoms. The normalized spacial score (nSPS) is 21.8. The van der Waals surface area contributed by atoms with Gasteiger partial charge in [-0.25, -0.2) is 15.0 Å². The zero-order valence-electron chi connectivity index (χ0n) is 20.9. The number of hydrogen-bond acceptors (Lipinski definition) is 6. The van der Waals surface area contributed by atoms with E-state index < -0.39 is 24.4 Å². The summed E-state index contributed by atoms with van der Waals surface area (Å²) in [7, 11) is 0. The number of carbonyl (C=O) groups is 1. The molecule has 2 fully saturated rings. The number of rotatable bonds is 6. The average Bonchev–Trinajstić information content (AvgIpc) is 3.51. The zero-order chi connectivity index (χ0) is 25.4. The molecule has 0 spiro atoms. The van der Waals surface area contributed by atoms with Gasteiger partial charge in [0.25, 0.3) is 0 Å². The fraction of sp³-hybridized carbons (Fsp3) is 0.680. The van der Waals surface area contributed by atoms with E-state index in [1.807, 2.05) is 4.90 Å². The highest BCUT2D eigenvalue weighted by atomic mass is 19.4. The Bertz CT molecular complexity index is 1090. The molecule has 0 aliphatic carbocycles. The molecule has 2 saturated heterocycles. The van der Waals surface area contributed by atoms with Gasteiger partial charge < -0.3 is 19.7 Å². The lowest BCUT2D eigenvalue weighted by Gasteiger charge is -2.36. The van der Waals surface area contributed by atoms with E-state index in [2.05, 4.69) is 44.8 Å². The fourth-order valence-electron chi connectivity index (χ4n) is 5.65. The van der Waals surface area contributed by atoms with Crippen LogP contribution in [0.1, 0.15) is 80.8 Å². The SMILES string of the molecule is CC(C)c1cn(CCN2CCCC2)c(C2CCN(c3ncnc4c3[C@H](C(F)(F)F)CC(=O)N4)CC2)n1. The van der Waals surface area contributed by atoms with Gasteiger partial charge in [0.1, 0.15) is 23.8 Å². The number of halogens is 3. The molecule has 8 nitrogen and oxygen atoms in total. The summed E-state index contributed by atoms with van der Waals surface area (Å²) in [4.78, 5) is 29.5. The van der Waals surface area contributed by atoms with Crippen LogP contribution in [0.5, 0.6) is 0 Å². The molecule has 0 saturated carbocycles. The number of likely N-dealkylation sites (tertiary alicyclic amines) is 1. The summed E-state index contributed by atoms with van der Waals surface area (Å²) >= 11 is 0. The molecule has 3 aliphatic heterocycles. The van der Waals surface area contributed by atoms with Crippen LogP contribution in [-0.4, -0.2) is 69.2 Å². The van der Waals surface area contributed by atoms with Crippen molar-refractivity contribution in [3.63, 3.8) is 0 Å². The molecule has 0 aromatic carbocycles. The van der Waals surface area contributed by atoms with Crippen LogP contribution in [0.25, 0.3) is 0 Å². The lowest BCUT2D eigenvalue weighted by Crippen LogP contribution is -2.38. The molecule has 1 N–H and O–H groups in total. The van der Waals surface area contributed by atoms with E-state index in [0.29, 0.717) is 19.0 Å². The summed E-state index contributed by atoms with van der Waals surface area (Å²) in [6, 6.07) is 0. The Morgan fingerprint density at radius 1 is 1.08 bits per heavy atom. The summed E-state index contributed by atoms with van der Waals surface area (Å²) < 4.78 is 43.9. The third-order valence-corrected chi connectivity index (χ3v) is 7.69. The van der Waals surface area contributed by atoms with Crippen molar-refractivity contribution >= 4 is 17.5 Å². The van der Waals surface area contributed by atoms with Crippen LogP contribution in [0, 0.1) is 0 Å². The minimum atomic E-state index is -4.54. The van der Waals surface area contributed by atoms with Gasteiger partial charge in [-0.05, 0) is 44.7 Å². The number of amides is 1. The molecule has 1 atom stereocenters. The molecule has 2 aromatic rings. The predicted molar refractivity (Wildman–Crippen MR) is 130 cm³/mol. The molecule has 0 radical (unpaired) electrons. The standard InChI is InChI=1S/C25H34F3N7O/c1-16(2)19-14-35(12-11-33-7-3-4-8-33)23(31-19)17-5-9-34(10-6-17)24-21-18(25(26,27)28)13-20(36)32-22(21)29-15-30-24/h14-18H,3-13H2,1-2H3,(H,29,30,32,36)/t18-/m1/s1. The van der Waals surface area contributed by atoms with E-state index in [9.17, 15) is 18.0 Å². The maximum absolute atomic E-state index is 13.9. The summed E-state index contributed by atoms with van der Waals surface area (Å²) in [6.45, 7) is 9.66. The predicted octanol–water partition coefficient (Wildman–Crippen LogP) is 4.26. The quantitative estimate of drug-likeness (QED) is 0.632. The van der Waals surface area contributed by atoms with Crippen LogP contribution in [0.3, 0.4) is 0 Å². The number of nitrogens with one attached hydrogen (secondary N) is 1. The van der Waals surface area contributed by atoms with Crippen molar-refractivity contribution in [2.45, 2.75) is 76.4 Å². The zero-order valence-corrected chi connectivity index (χ0v) is 20.9. The van der Waals surface area contributed by atoms with Gasteiger partial charge >= 0.3 is 6.18 Å². The largest absolute Gasteiger partial charge is 0.396 e. The molecule has 0 bridgehead atoms. The molecule has 36 heavy (non-hydrogen) atoms. The molecular weight excluding hydrogens is 471 g/mol. The van der Waals surface area contributed by atoms with Gasteiger partial charge in [-0.2, -0.15) is 13.2 Å². The first kappa shape index (κ1) is 25.0. The Morgan fingerprint density at radius 2 is 1.81 bits per heavy atom. The fourth-order valence-corrected chi connectivity index (χ4v) is 5.65. The van der Waals surface area contributed by atoms with Gasteiger partial charge in [0.05, 0.1) is 17.2 Å². The van der Waals surface area contributed by atoms with E-state index in [1.54, 1.807) is 0 Å². The maximum Gasteiger partial charge on any atom is 0.396 e. The third kappa shape index (κ3) is 5.07. The second kappa shape index (κ2) is 9.99. The summed E-state index contributed by atoms with van der Waals surface area (Å²) in [5.41, 5.74) is 1.07. The highest BCUT2D eigenvalue weighted by molar-refractivity contribution is 5.94. The van der Waals surface area contributed by atoms with Crippen LogP contribution in [0.15, 0.2) is 12.5 Å². The van der Waals surface area contributed by atoms with E-state index in [1.165, 1.54) is 19.2 Å². The van der Waals surface area contributed by atoms with E-state index in [-0.39, 0.29) is 23.1 Å². The lowest BCUT2D eigenvalue weighted by atomic mass is 9.90. The molecule has 5 heterocycles. The van der Waals surface area contributed by atoms with Crippen LogP contribution in [0.4, 0.5) is 24.8 Å². The van der Waals surface area contributed by atoms with Crippen molar-refractivity contribution in [3.8, 4) is 0 Å².